The van der Waals surface area contributed by atoms with Crippen molar-refractivity contribution in [2.75, 3.05) is 0 Å². The standard InChI is InChI=1S/C7H12N3/c8-4-5-1-2-6(9)7(10)3-5/h5,7H,1-3,9-10H2. The number of nitrogens with two attached hydrogens (primary N) is 2. The SMILES string of the molecule is N#CC1CC[C](N)C(N)C1. The Balaban J connectivity index is 2.42. The number of hydrogen-bond acceptors (Lipinski definition) is 3. The van der Waals surface area contributed by atoms with Crippen molar-refractivity contribution in [3.63, 3.8) is 0 Å². The molecule has 0 aromatic rings. The van der Waals surface area contributed by atoms with Crippen molar-refractivity contribution in [3.8, 4) is 6.07 Å². The molecule has 1 radical (unpaired) electrons. The predicted octanol–water partition coefficient (Wildman–Crippen LogP) is 0.128. The summed E-state index contributed by atoms with van der Waals surface area (Å²) in [6.07, 6.45) is 2.44. The van der Waals surface area contributed by atoms with E-state index in [0.29, 0.717) is 0 Å². The molecule has 0 bridgehead atoms. The van der Waals surface area contributed by atoms with E-state index in [0.717, 1.165) is 25.3 Å². The van der Waals surface area contributed by atoms with Crippen LogP contribution in [0.25, 0.3) is 0 Å². The summed E-state index contributed by atoms with van der Waals surface area (Å²) in [6.45, 7) is 0. The molecule has 0 heterocycles. The summed E-state index contributed by atoms with van der Waals surface area (Å²) < 4.78 is 0. The second kappa shape index (κ2) is 3.00. The first-order chi connectivity index (χ1) is 4.74. The van der Waals surface area contributed by atoms with E-state index >= 15 is 0 Å². The first-order valence-corrected chi connectivity index (χ1v) is 3.50. The molecular formula is C7H12N3. The van der Waals surface area contributed by atoms with Crippen LogP contribution in [0.1, 0.15) is 19.3 Å². The van der Waals surface area contributed by atoms with E-state index in [4.69, 9.17) is 16.7 Å². The summed E-state index contributed by atoms with van der Waals surface area (Å²) >= 11 is 0. The molecule has 1 saturated carbocycles. The summed E-state index contributed by atoms with van der Waals surface area (Å²) in [7, 11) is 0. The van der Waals surface area contributed by atoms with Crippen molar-refractivity contribution in [1.29, 1.82) is 5.26 Å². The van der Waals surface area contributed by atoms with Crippen LogP contribution in [0, 0.1) is 23.3 Å². The van der Waals surface area contributed by atoms with E-state index in [1.807, 2.05) is 0 Å². The maximum absolute atomic E-state index is 8.54. The van der Waals surface area contributed by atoms with Gasteiger partial charge in [-0.05, 0) is 19.3 Å². The minimum Gasteiger partial charge on any atom is -0.326 e. The first-order valence-electron chi connectivity index (χ1n) is 3.50. The Morgan fingerprint density at radius 3 is 2.80 bits per heavy atom. The molecule has 0 aromatic heterocycles. The average Bonchev–Trinajstić information content (AvgIpc) is 1.95. The molecule has 1 fully saturated rings. The van der Waals surface area contributed by atoms with E-state index < -0.39 is 0 Å². The second-order valence-corrected chi connectivity index (χ2v) is 2.78. The van der Waals surface area contributed by atoms with Gasteiger partial charge in [0.2, 0.25) is 0 Å². The zero-order valence-electron chi connectivity index (χ0n) is 5.88. The molecule has 0 aromatic carbocycles. The Labute approximate surface area is 61.0 Å². The van der Waals surface area contributed by atoms with Crippen LogP contribution < -0.4 is 11.5 Å². The quantitative estimate of drug-likeness (QED) is 0.499. The molecule has 0 aliphatic heterocycles. The smallest absolute Gasteiger partial charge is 0.0656 e. The van der Waals surface area contributed by atoms with Gasteiger partial charge in [-0.2, -0.15) is 5.26 Å². The molecule has 1 rings (SSSR count). The molecule has 0 spiro atoms. The molecule has 2 unspecified atom stereocenters. The number of hydrogen-bond donors (Lipinski definition) is 2. The Hall–Kier alpha value is -0.590. The Morgan fingerprint density at radius 1 is 1.60 bits per heavy atom. The van der Waals surface area contributed by atoms with Crippen LogP contribution in [0.4, 0.5) is 0 Å². The van der Waals surface area contributed by atoms with E-state index in [1.54, 1.807) is 0 Å². The van der Waals surface area contributed by atoms with Gasteiger partial charge in [-0.15, -0.1) is 0 Å². The molecule has 3 nitrogen and oxygen atoms in total. The van der Waals surface area contributed by atoms with E-state index in [1.165, 1.54) is 0 Å². The molecular weight excluding hydrogens is 126 g/mol. The molecule has 3 heteroatoms. The number of nitriles is 1. The van der Waals surface area contributed by atoms with Crippen LogP contribution in [0.3, 0.4) is 0 Å². The van der Waals surface area contributed by atoms with Gasteiger partial charge < -0.3 is 11.5 Å². The largest absolute Gasteiger partial charge is 0.326 e. The second-order valence-electron chi connectivity index (χ2n) is 2.78. The molecule has 1 aliphatic rings. The van der Waals surface area contributed by atoms with Crippen LogP contribution in [0.5, 0.6) is 0 Å². The van der Waals surface area contributed by atoms with E-state index in [2.05, 4.69) is 6.07 Å². The minimum atomic E-state index is -0.0431. The third kappa shape index (κ3) is 1.47. The first kappa shape index (κ1) is 7.52. The maximum Gasteiger partial charge on any atom is 0.0656 e. The van der Waals surface area contributed by atoms with Crippen molar-refractivity contribution in [3.05, 3.63) is 6.04 Å². The van der Waals surface area contributed by atoms with Crippen molar-refractivity contribution in [2.24, 2.45) is 17.4 Å². The van der Waals surface area contributed by atoms with Gasteiger partial charge in [0.15, 0.2) is 0 Å². The Kier molecular flexibility index (Phi) is 2.25. The molecule has 0 amide bonds. The lowest BCUT2D eigenvalue weighted by Gasteiger charge is -2.26. The van der Waals surface area contributed by atoms with Gasteiger partial charge >= 0.3 is 0 Å². The van der Waals surface area contributed by atoms with Crippen molar-refractivity contribution < 1.29 is 0 Å². The molecule has 1 aliphatic carbocycles. The molecule has 4 N–H and O–H groups in total. The van der Waals surface area contributed by atoms with E-state index in [9.17, 15) is 0 Å². The lowest BCUT2D eigenvalue weighted by Crippen LogP contribution is -2.39. The summed E-state index contributed by atoms with van der Waals surface area (Å²) in [5, 5.41) is 8.54. The lowest BCUT2D eigenvalue weighted by atomic mass is 9.84. The van der Waals surface area contributed by atoms with Crippen LogP contribution in [0.2, 0.25) is 0 Å². The van der Waals surface area contributed by atoms with Crippen molar-refractivity contribution >= 4 is 0 Å². The predicted molar refractivity (Wildman–Crippen MR) is 38.4 cm³/mol. The van der Waals surface area contributed by atoms with Gasteiger partial charge in [-0.25, -0.2) is 0 Å². The topological polar surface area (TPSA) is 75.8 Å². The highest BCUT2D eigenvalue weighted by Crippen LogP contribution is 2.25. The average molecular weight is 138 g/mol. The molecule has 2 atom stereocenters. The van der Waals surface area contributed by atoms with E-state index in [-0.39, 0.29) is 12.0 Å². The third-order valence-corrected chi connectivity index (χ3v) is 1.98. The summed E-state index contributed by atoms with van der Waals surface area (Å²) in [4.78, 5) is 0. The fraction of sp³-hybridized carbons (Fsp3) is 0.714. The normalized spacial score (nSPS) is 35.3. The maximum atomic E-state index is 8.54. The lowest BCUT2D eigenvalue weighted by molar-refractivity contribution is 0.402. The van der Waals surface area contributed by atoms with Gasteiger partial charge in [0.25, 0.3) is 0 Å². The highest BCUT2D eigenvalue weighted by molar-refractivity contribution is 5.03. The van der Waals surface area contributed by atoms with Gasteiger partial charge in [-0.3, -0.25) is 0 Å². The Bertz CT molecular complexity index is 149. The summed E-state index contributed by atoms with van der Waals surface area (Å²) in [5.74, 6) is 0.127. The highest BCUT2D eigenvalue weighted by Gasteiger charge is 2.25. The summed E-state index contributed by atoms with van der Waals surface area (Å²) in [6, 6.07) is 3.02. The fourth-order valence-corrected chi connectivity index (χ4v) is 1.22. The molecule has 10 heavy (non-hydrogen) atoms. The van der Waals surface area contributed by atoms with Gasteiger partial charge in [0.05, 0.1) is 12.1 Å². The van der Waals surface area contributed by atoms with Crippen molar-refractivity contribution in [2.45, 2.75) is 25.3 Å². The Morgan fingerprint density at radius 2 is 2.30 bits per heavy atom. The summed E-state index contributed by atoms with van der Waals surface area (Å²) in [5.41, 5.74) is 11.2. The fourth-order valence-electron chi connectivity index (χ4n) is 1.22. The van der Waals surface area contributed by atoms with Gasteiger partial charge in [0.1, 0.15) is 0 Å². The van der Waals surface area contributed by atoms with Crippen LogP contribution in [0.15, 0.2) is 0 Å². The zero-order valence-corrected chi connectivity index (χ0v) is 5.88. The zero-order chi connectivity index (χ0) is 7.56. The molecule has 55 valence electrons. The molecule has 0 saturated heterocycles. The van der Waals surface area contributed by atoms with Gasteiger partial charge in [-0.1, -0.05) is 0 Å². The highest BCUT2D eigenvalue weighted by atomic mass is 14.8. The van der Waals surface area contributed by atoms with Crippen LogP contribution >= 0.6 is 0 Å². The van der Waals surface area contributed by atoms with Crippen molar-refractivity contribution in [1.82, 2.24) is 0 Å². The monoisotopic (exact) mass is 138 g/mol. The number of nitrogens with zero attached hydrogens (tertiary/aromatic N) is 1. The number of rotatable bonds is 0. The van der Waals surface area contributed by atoms with Crippen LogP contribution in [-0.2, 0) is 0 Å². The minimum absolute atomic E-state index is 0.0431. The van der Waals surface area contributed by atoms with Crippen LogP contribution in [-0.4, -0.2) is 6.04 Å². The third-order valence-electron chi connectivity index (χ3n) is 1.98. The van der Waals surface area contributed by atoms with Gasteiger partial charge in [0, 0.05) is 12.0 Å².